The van der Waals surface area contributed by atoms with Gasteiger partial charge in [-0.25, -0.2) is 0 Å². The van der Waals surface area contributed by atoms with Gasteiger partial charge in [-0.3, -0.25) is 4.79 Å². The minimum absolute atomic E-state index is 0.129. The van der Waals surface area contributed by atoms with E-state index in [4.69, 9.17) is 14.9 Å². The maximum absolute atomic E-state index is 11.6. The minimum atomic E-state index is -0.959. The Bertz CT molecular complexity index is 225. The largest absolute Gasteiger partial charge is 0.394 e. The van der Waals surface area contributed by atoms with Crippen molar-refractivity contribution in [2.45, 2.75) is 25.0 Å². The molecule has 0 aromatic carbocycles. The van der Waals surface area contributed by atoms with E-state index in [9.17, 15) is 4.79 Å². The first kappa shape index (κ1) is 13.4. The van der Waals surface area contributed by atoms with Crippen molar-refractivity contribution in [2.75, 3.05) is 32.9 Å². The Balaban J connectivity index is 2.34. The molecule has 4 N–H and O–H groups in total. The van der Waals surface area contributed by atoms with Crippen LogP contribution in [0, 0.1) is 0 Å². The Morgan fingerprint density at radius 3 is 2.75 bits per heavy atom. The van der Waals surface area contributed by atoms with Crippen LogP contribution in [0.5, 0.6) is 0 Å². The highest BCUT2D eigenvalue weighted by Gasteiger charge is 2.26. The number of carbonyl (C=O) groups excluding carboxylic acids is 1. The molecular weight excluding hydrogens is 212 g/mol. The second-order valence-corrected chi connectivity index (χ2v) is 4.33. The summed E-state index contributed by atoms with van der Waals surface area (Å²) in [5.41, 5.74) is -0.959. The van der Waals surface area contributed by atoms with E-state index in [1.54, 1.807) is 6.92 Å². The van der Waals surface area contributed by atoms with Gasteiger partial charge in [0.15, 0.2) is 0 Å². The van der Waals surface area contributed by atoms with Gasteiger partial charge < -0.3 is 25.6 Å². The van der Waals surface area contributed by atoms with E-state index in [0.717, 1.165) is 6.54 Å². The number of nitrogens with one attached hydrogen (secondary N) is 2. The molecule has 1 atom stereocenters. The molecule has 0 saturated carbocycles. The van der Waals surface area contributed by atoms with Gasteiger partial charge in [0.25, 0.3) is 0 Å². The molecule has 0 radical (unpaired) electrons. The molecule has 0 aromatic heterocycles. The Morgan fingerprint density at radius 2 is 2.25 bits per heavy atom. The summed E-state index contributed by atoms with van der Waals surface area (Å²) in [7, 11) is 0. The van der Waals surface area contributed by atoms with Crippen molar-refractivity contribution in [1.82, 2.24) is 10.6 Å². The fourth-order valence-electron chi connectivity index (χ4n) is 1.47. The van der Waals surface area contributed by atoms with Gasteiger partial charge in [-0.1, -0.05) is 0 Å². The number of ether oxygens (including phenoxy) is 1. The predicted molar refractivity (Wildman–Crippen MR) is 57.9 cm³/mol. The average Bonchev–Trinajstić information content (AvgIpc) is 2.30. The molecule has 94 valence electrons. The van der Waals surface area contributed by atoms with E-state index >= 15 is 0 Å². The van der Waals surface area contributed by atoms with Crippen LogP contribution in [0.3, 0.4) is 0 Å². The van der Waals surface area contributed by atoms with Crippen molar-refractivity contribution in [2.24, 2.45) is 0 Å². The summed E-state index contributed by atoms with van der Waals surface area (Å²) in [6.45, 7) is 3.07. The number of morpholine rings is 1. The third kappa shape index (κ3) is 4.05. The van der Waals surface area contributed by atoms with E-state index in [1.165, 1.54) is 0 Å². The molecular formula is C10H20N2O4. The van der Waals surface area contributed by atoms with Gasteiger partial charge >= 0.3 is 0 Å². The lowest BCUT2D eigenvalue weighted by molar-refractivity contribution is -0.127. The lowest BCUT2D eigenvalue weighted by Crippen LogP contribution is -2.53. The topological polar surface area (TPSA) is 90.8 Å². The van der Waals surface area contributed by atoms with E-state index in [0.29, 0.717) is 13.2 Å². The zero-order chi connectivity index (χ0) is 12.0. The number of rotatable bonds is 5. The Hall–Kier alpha value is -0.690. The van der Waals surface area contributed by atoms with E-state index in [-0.39, 0.29) is 31.6 Å². The summed E-state index contributed by atoms with van der Waals surface area (Å²) < 4.78 is 5.38. The van der Waals surface area contributed by atoms with Crippen LogP contribution in [0.25, 0.3) is 0 Å². The molecule has 6 heteroatoms. The maximum atomic E-state index is 11.6. The first-order chi connectivity index (χ1) is 7.59. The van der Waals surface area contributed by atoms with Crippen LogP contribution >= 0.6 is 0 Å². The minimum Gasteiger partial charge on any atom is -0.394 e. The van der Waals surface area contributed by atoms with Crippen molar-refractivity contribution < 1.29 is 19.7 Å². The Morgan fingerprint density at radius 1 is 1.56 bits per heavy atom. The summed E-state index contributed by atoms with van der Waals surface area (Å²) in [6, 6.07) is 0. The standard InChI is InChI=1S/C10H20N2O4/c1-10(6-13,7-14)12-9(15)4-8-5-11-2-3-16-8/h8,11,13-14H,2-7H2,1H3,(H,12,15). The molecule has 1 rings (SSSR count). The number of amides is 1. The highest BCUT2D eigenvalue weighted by atomic mass is 16.5. The summed E-state index contributed by atoms with van der Waals surface area (Å²) in [4.78, 5) is 11.6. The van der Waals surface area contributed by atoms with Gasteiger partial charge in [-0.15, -0.1) is 0 Å². The molecule has 0 bridgehead atoms. The fourth-order valence-corrected chi connectivity index (χ4v) is 1.47. The van der Waals surface area contributed by atoms with Crippen LogP contribution in [0.1, 0.15) is 13.3 Å². The first-order valence-electron chi connectivity index (χ1n) is 5.45. The lowest BCUT2D eigenvalue weighted by Gasteiger charge is -2.28. The van der Waals surface area contributed by atoms with Crippen LogP contribution in [-0.2, 0) is 9.53 Å². The van der Waals surface area contributed by atoms with Crippen LogP contribution in [0.2, 0.25) is 0 Å². The lowest BCUT2D eigenvalue weighted by atomic mass is 10.0. The summed E-state index contributed by atoms with van der Waals surface area (Å²) in [5, 5.41) is 23.8. The van der Waals surface area contributed by atoms with Crippen molar-refractivity contribution in [3.63, 3.8) is 0 Å². The van der Waals surface area contributed by atoms with E-state index in [2.05, 4.69) is 10.6 Å². The van der Waals surface area contributed by atoms with Gasteiger partial charge in [0, 0.05) is 13.1 Å². The third-order valence-corrected chi connectivity index (χ3v) is 2.56. The molecule has 1 saturated heterocycles. The smallest absolute Gasteiger partial charge is 0.223 e. The monoisotopic (exact) mass is 232 g/mol. The van der Waals surface area contributed by atoms with Crippen molar-refractivity contribution >= 4 is 5.91 Å². The molecule has 1 amide bonds. The van der Waals surface area contributed by atoms with Crippen LogP contribution in [0.4, 0.5) is 0 Å². The van der Waals surface area contributed by atoms with Gasteiger partial charge in [-0.2, -0.15) is 0 Å². The molecule has 1 unspecified atom stereocenters. The Labute approximate surface area is 95.0 Å². The molecule has 6 nitrogen and oxygen atoms in total. The molecule has 0 spiro atoms. The Kier molecular flexibility index (Phi) is 5.14. The summed E-state index contributed by atoms with van der Waals surface area (Å²) in [6.07, 6.45) is 0.109. The third-order valence-electron chi connectivity index (χ3n) is 2.56. The van der Waals surface area contributed by atoms with Crippen molar-refractivity contribution in [3.8, 4) is 0 Å². The van der Waals surface area contributed by atoms with Gasteiger partial charge in [-0.05, 0) is 6.92 Å². The SMILES string of the molecule is CC(CO)(CO)NC(=O)CC1CNCCO1. The molecule has 0 aliphatic carbocycles. The average molecular weight is 232 g/mol. The van der Waals surface area contributed by atoms with Crippen LogP contribution in [0.15, 0.2) is 0 Å². The van der Waals surface area contributed by atoms with Gasteiger partial charge in [0.1, 0.15) is 0 Å². The van der Waals surface area contributed by atoms with Gasteiger partial charge in [0.2, 0.25) is 5.91 Å². The number of aliphatic hydroxyl groups is 2. The number of hydrogen-bond donors (Lipinski definition) is 4. The molecule has 1 aliphatic heterocycles. The van der Waals surface area contributed by atoms with E-state index in [1.807, 2.05) is 0 Å². The summed E-state index contributed by atoms with van der Waals surface area (Å²) in [5.74, 6) is -0.223. The van der Waals surface area contributed by atoms with E-state index < -0.39 is 5.54 Å². The molecule has 16 heavy (non-hydrogen) atoms. The highest BCUT2D eigenvalue weighted by Crippen LogP contribution is 2.05. The number of hydrogen-bond acceptors (Lipinski definition) is 5. The molecule has 0 aromatic rings. The number of aliphatic hydroxyl groups excluding tert-OH is 2. The predicted octanol–water partition coefficient (Wildman–Crippen LogP) is -1.78. The maximum Gasteiger partial charge on any atom is 0.223 e. The second kappa shape index (κ2) is 6.15. The molecule has 1 aliphatic rings. The van der Waals surface area contributed by atoms with Crippen molar-refractivity contribution in [3.05, 3.63) is 0 Å². The fraction of sp³-hybridized carbons (Fsp3) is 0.900. The van der Waals surface area contributed by atoms with Crippen LogP contribution < -0.4 is 10.6 Å². The molecule has 1 fully saturated rings. The number of carbonyl (C=O) groups is 1. The second-order valence-electron chi connectivity index (χ2n) is 4.33. The zero-order valence-electron chi connectivity index (χ0n) is 9.53. The highest BCUT2D eigenvalue weighted by molar-refractivity contribution is 5.77. The first-order valence-corrected chi connectivity index (χ1v) is 5.45. The molecule has 1 heterocycles. The van der Waals surface area contributed by atoms with Crippen LogP contribution in [-0.4, -0.2) is 60.7 Å². The quantitative estimate of drug-likeness (QED) is 0.450. The summed E-state index contributed by atoms with van der Waals surface area (Å²) >= 11 is 0. The normalized spacial score (nSPS) is 21.8. The van der Waals surface area contributed by atoms with Crippen molar-refractivity contribution in [1.29, 1.82) is 0 Å². The zero-order valence-corrected chi connectivity index (χ0v) is 9.53. The van der Waals surface area contributed by atoms with Gasteiger partial charge in [0.05, 0.1) is 37.9 Å².